The molecule has 0 aromatic heterocycles. The minimum Gasteiger partial charge on any atom is -0.329 e. The van der Waals surface area contributed by atoms with Crippen LogP contribution in [0.5, 0.6) is 0 Å². The van der Waals surface area contributed by atoms with Crippen LogP contribution in [0.1, 0.15) is 52.4 Å². The minimum atomic E-state index is 0.295. The second-order valence-electron chi connectivity index (χ2n) is 7.55. The van der Waals surface area contributed by atoms with Crippen molar-refractivity contribution < 1.29 is 0 Å². The first-order chi connectivity index (χ1) is 9.52. The third-order valence-corrected chi connectivity index (χ3v) is 6.14. The zero-order valence-electron chi connectivity index (χ0n) is 14.1. The maximum absolute atomic E-state index is 6.29. The Morgan fingerprint density at radius 1 is 1.20 bits per heavy atom. The predicted octanol–water partition coefficient (Wildman–Crippen LogP) is 2.56. The fraction of sp³-hybridized carbons (Fsp3) is 1.00. The van der Waals surface area contributed by atoms with Crippen LogP contribution in [-0.4, -0.2) is 55.1 Å². The van der Waals surface area contributed by atoms with E-state index < -0.39 is 0 Å². The highest BCUT2D eigenvalue weighted by molar-refractivity contribution is 5.00. The van der Waals surface area contributed by atoms with E-state index in [1.54, 1.807) is 0 Å². The lowest BCUT2D eigenvalue weighted by Gasteiger charge is -2.41. The van der Waals surface area contributed by atoms with Crippen molar-refractivity contribution in [2.45, 2.75) is 64.0 Å². The Hall–Kier alpha value is -0.120. The molecule has 1 saturated heterocycles. The molecule has 0 spiro atoms. The fourth-order valence-corrected chi connectivity index (χ4v) is 4.53. The zero-order valence-corrected chi connectivity index (χ0v) is 14.1. The van der Waals surface area contributed by atoms with Crippen molar-refractivity contribution in [3.8, 4) is 0 Å². The van der Waals surface area contributed by atoms with Crippen LogP contribution >= 0.6 is 0 Å². The van der Waals surface area contributed by atoms with Gasteiger partial charge in [-0.05, 0) is 45.2 Å². The Balaban J connectivity index is 2.07. The molecule has 4 atom stereocenters. The monoisotopic (exact) mass is 281 g/mol. The van der Waals surface area contributed by atoms with Gasteiger partial charge in [-0.15, -0.1) is 0 Å². The van der Waals surface area contributed by atoms with Crippen molar-refractivity contribution in [1.29, 1.82) is 0 Å². The van der Waals surface area contributed by atoms with Gasteiger partial charge < -0.3 is 10.6 Å². The number of rotatable bonds is 4. The topological polar surface area (TPSA) is 32.5 Å². The van der Waals surface area contributed by atoms with E-state index in [4.69, 9.17) is 5.73 Å². The van der Waals surface area contributed by atoms with Gasteiger partial charge >= 0.3 is 0 Å². The highest BCUT2D eigenvalue weighted by atomic mass is 15.3. The molecule has 0 bridgehead atoms. The van der Waals surface area contributed by atoms with E-state index in [9.17, 15) is 0 Å². The second-order valence-corrected chi connectivity index (χ2v) is 7.55. The number of hydrogen-bond donors (Lipinski definition) is 1. The van der Waals surface area contributed by atoms with Gasteiger partial charge in [0.1, 0.15) is 0 Å². The van der Waals surface area contributed by atoms with Gasteiger partial charge in [-0.25, -0.2) is 0 Å². The van der Waals surface area contributed by atoms with Crippen LogP contribution in [0.3, 0.4) is 0 Å². The average molecular weight is 281 g/mol. The Labute approximate surface area is 125 Å². The Bertz CT molecular complexity index is 305. The van der Waals surface area contributed by atoms with E-state index in [0.29, 0.717) is 11.6 Å². The lowest BCUT2D eigenvalue weighted by atomic mass is 9.87. The molecule has 3 heteroatoms. The van der Waals surface area contributed by atoms with E-state index >= 15 is 0 Å². The van der Waals surface area contributed by atoms with Crippen LogP contribution in [0, 0.1) is 11.8 Å². The number of hydrogen-bond acceptors (Lipinski definition) is 3. The molecular weight excluding hydrogens is 246 g/mol. The van der Waals surface area contributed by atoms with Crippen LogP contribution < -0.4 is 5.73 Å². The summed E-state index contributed by atoms with van der Waals surface area (Å²) in [4.78, 5) is 5.15. The van der Waals surface area contributed by atoms with Crippen molar-refractivity contribution in [2.24, 2.45) is 17.6 Å². The van der Waals surface area contributed by atoms with Crippen molar-refractivity contribution >= 4 is 0 Å². The SMILES string of the molecule is CCC1CCCC(CN)(N2CC(C)C(N(C)C)C2)CC1. The van der Waals surface area contributed by atoms with Crippen molar-refractivity contribution in [3.63, 3.8) is 0 Å². The summed E-state index contributed by atoms with van der Waals surface area (Å²) in [6, 6.07) is 0.698. The van der Waals surface area contributed by atoms with Crippen LogP contribution in [-0.2, 0) is 0 Å². The van der Waals surface area contributed by atoms with E-state index in [1.807, 2.05) is 0 Å². The number of nitrogens with two attached hydrogens (primary N) is 1. The lowest BCUT2D eigenvalue weighted by molar-refractivity contribution is 0.0947. The Morgan fingerprint density at radius 3 is 2.50 bits per heavy atom. The van der Waals surface area contributed by atoms with E-state index in [-0.39, 0.29) is 0 Å². The molecule has 0 aromatic rings. The molecule has 1 aliphatic heterocycles. The molecule has 0 radical (unpaired) electrons. The smallest absolute Gasteiger partial charge is 0.0332 e. The highest BCUT2D eigenvalue weighted by Crippen LogP contribution is 2.38. The van der Waals surface area contributed by atoms with E-state index in [2.05, 4.69) is 37.7 Å². The van der Waals surface area contributed by atoms with Gasteiger partial charge in [-0.3, -0.25) is 4.90 Å². The van der Waals surface area contributed by atoms with E-state index in [0.717, 1.165) is 18.4 Å². The molecule has 4 unspecified atom stereocenters. The van der Waals surface area contributed by atoms with Crippen molar-refractivity contribution in [3.05, 3.63) is 0 Å². The Kier molecular flexibility index (Phi) is 5.49. The van der Waals surface area contributed by atoms with Gasteiger partial charge in [-0.1, -0.05) is 33.1 Å². The summed E-state index contributed by atoms with van der Waals surface area (Å²) in [5.41, 5.74) is 6.58. The summed E-state index contributed by atoms with van der Waals surface area (Å²) < 4.78 is 0. The summed E-state index contributed by atoms with van der Waals surface area (Å²) in [7, 11) is 4.44. The average Bonchev–Trinajstić information content (AvgIpc) is 2.71. The van der Waals surface area contributed by atoms with Crippen LogP contribution in [0.15, 0.2) is 0 Å². The first kappa shape index (κ1) is 16.3. The van der Waals surface area contributed by atoms with Gasteiger partial charge in [0.15, 0.2) is 0 Å². The summed E-state index contributed by atoms with van der Waals surface area (Å²) in [6.07, 6.45) is 8.14. The molecular formula is C17H35N3. The molecule has 1 heterocycles. The molecule has 20 heavy (non-hydrogen) atoms. The van der Waals surface area contributed by atoms with Gasteiger partial charge in [0.25, 0.3) is 0 Å². The normalized spacial score (nSPS) is 40.2. The minimum absolute atomic E-state index is 0.295. The molecule has 3 nitrogen and oxygen atoms in total. The largest absolute Gasteiger partial charge is 0.329 e. The molecule has 2 aliphatic rings. The van der Waals surface area contributed by atoms with Crippen LogP contribution in [0.2, 0.25) is 0 Å². The van der Waals surface area contributed by atoms with E-state index in [1.165, 1.54) is 51.6 Å². The summed E-state index contributed by atoms with van der Waals surface area (Å²) in [5, 5.41) is 0. The summed E-state index contributed by atoms with van der Waals surface area (Å²) in [6.45, 7) is 8.04. The molecule has 0 amide bonds. The standard InChI is InChI=1S/C17H35N3/c1-5-15-7-6-9-17(13-18,10-8-15)20-11-14(2)16(12-20)19(3)4/h14-16H,5-13,18H2,1-4H3. The Morgan fingerprint density at radius 2 is 1.95 bits per heavy atom. The van der Waals surface area contributed by atoms with Gasteiger partial charge in [-0.2, -0.15) is 0 Å². The molecule has 2 fully saturated rings. The number of nitrogens with zero attached hydrogens (tertiary/aromatic N) is 2. The number of likely N-dealkylation sites (tertiary alicyclic amines) is 1. The van der Waals surface area contributed by atoms with Crippen LogP contribution in [0.25, 0.3) is 0 Å². The number of likely N-dealkylation sites (N-methyl/N-ethyl adjacent to an activating group) is 1. The zero-order chi connectivity index (χ0) is 14.8. The van der Waals surface area contributed by atoms with Gasteiger partial charge in [0.2, 0.25) is 0 Å². The third kappa shape index (κ3) is 3.20. The molecule has 0 aromatic carbocycles. The maximum atomic E-state index is 6.29. The molecule has 2 N–H and O–H groups in total. The predicted molar refractivity (Wildman–Crippen MR) is 86.9 cm³/mol. The molecule has 2 rings (SSSR count). The van der Waals surface area contributed by atoms with Gasteiger partial charge in [0, 0.05) is 31.2 Å². The quantitative estimate of drug-likeness (QED) is 0.804. The lowest BCUT2D eigenvalue weighted by Crippen LogP contribution is -2.53. The molecule has 1 aliphatic carbocycles. The first-order valence-corrected chi connectivity index (χ1v) is 8.64. The highest BCUT2D eigenvalue weighted by Gasteiger charge is 2.43. The van der Waals surface area contributed by atoms with Crippen molar-refractivity contribution in [1.82, 2.24) is 9.80 Å². The second kappa shape index (κ2) is 6.76. The summed E-state index contributed by atoms with van der Waals surface area (Å²) >= 11 is 0. The first-order valence-electron chi connectivity index (χ1n) is 8.64. The molecule has 1 saturated carbocycles. The van der Waals surface area contributed by atoms with Gasteiger partial charge in [0.05, 0.1) is 0 Å². The maximum Gasteiger partial charge on any atom is 0.0332 e. The molecule has 118 valence electrons. The van der Waals surface area contributed by atoms with Crippen LogP contribution in [0.4, 0.5) is 0 Å². The fourth-order valence-electron chi connectivity index (χ4n) is 4.53. The third-order valence-electron chi connectivity index (χ3n) is 6.14. The van der Waals surface area contributed by atoms with Crippen molar-refractivity contribution in [2.75, 3.05) is 33.7 Å². The summed E-state index contributed by atoms with van der Waals surface area (Å²) in [5.74, 6) is 1.70.